The number of carboxylic acid groups (broad SMARTS) is 1. The zero-order valence-electron chi connectivity index (χ0n) is 23.5. The molecule has 0 radical (unpaired) electrons. The Kier molecular flexibility index (Phi) is 9.98. The molecule has 0 bridgehead atoms. The third-order valence-corrected chi connectivity index (χ3v) is 6.06. The summed E-state index contributed by atoms with van der Waals surface area (Å²) in [6, 6.07) is 9.16. The van der Waals surface area contributed by atoms with Crippen molar-refractivity contribution in [2.75, 3.05) is 19.0 Å². The number of nitrogens with one attached hydrogen (secondary N) is 2. The van der Waals surface area contributed by atoms with E-state index in [9.17, 15) is 24.3 Å². The van der Waals surface area contributed by atoms with Crippen molar-refractivity contribution in [2.24, 2.45) is 5.41 Å². The highest BCUT2D eigenvalue weighted by Gasteiger charge is 2.37. The van der Waals surface area contributed by atoms with Gasteiger partial charge in [0.15, 0.2) is 11.5 Å². The quantitative estimate of drug-likeness (QED) is 0.384. The lowest BCUT2D eigenvalue weighted by Gasteiger charge is -2.28. The number of fused-ring (bicyclic) bond motifs is 1. The molecule has 1 heterocycles. The minimum atomic E-state index is -1.30. The summed E-state index contributed by atoms with van der Waals surface area (Å²) in [6.45, 7) is 7.28. The van der Waals surface area contributed by atoms with Gasteiger partial charge in [-0.15, -0.1) is 0 Å². The molecule has 4 rings (SSSR count). The van der Waals surface area contributed by atoms with E-state index in [1.165, 1.54) is 37.3 Å². The molecule has 1 saturated carbocycles. The van der Waals surface area contributed by atoms with Crippen LogP contribution in [0.2, 0.25) is 0 Å². The number of benzene rings is 2. The molecule has 11 nitrogen and oxygen atoms in total. The fourth-order valence-electron chi connectivity index (χ4n) is 3.90. The van der Waals surface area contributed by atoms with Crippen LogP contribution in [-0.4, -0.2) is 47.6 Å². The maximum absolute atomic E-state index is 13.5. The number of amides is 3. The molecule has 0 unspecified atom stereocenters. The van der Waals surface area contributed by atoms with Gasteiger partial charge < -0.3 is 24.3 Å². The molecular formula is C29H37N3O8. The zero-order valence-corrected chi connectivity index (χ0v) is 23.5. The number of nitrogens with zero attached hydrogens (tertiary/aromatic N) is 1. The Labute approximate surface area is 233 Å². The first-order valence-electron chi connectivity index (χ1n) is 13.2. The molecule has 1 atom stereocenters. The third kappa shape index (κ3) is 7.87. The van der Waals surface area contributed by atoms with Gasteiger partial charge in [-0.25, -0.2) is 9.59 Å². The van der Waals surface area contributed by atoms with E-state index in [-0.39, 0.29) is 24.2 Å². The van der Waals surface area contributed by atoms with Crippen LogP contribution in [0.5, 0.6) is 11.5 Å². The standard InChI is InChI=1S/C26H31N3O8.C3H6/c1-6-36-20-12-15(10-11-19(20)35-5)18(13-21(30)28-37-24(32)26(2,3)4)29-14-16-8-7-9-17(27-25(33)34)22(16)23(29)31;1-2-3-1/h7-12,18,27H,6,13-14H2,1-5H3,(H,28,30)(H,33,34);1-3H2/t18-;/m1./s1. The van der Waals surface area contributed by atoms with Crippen molar-refractivity contribution in [2.45, 2.75) is 66.0 Å². The van der Waals surface area contributed by atoms with Crippen LogP contribution in [0, 0.1) is 5.41 Å². The van der Waals surface area contributed by atoms with Gasteiger partial charge in [-0.2, -0.15) is 5.48 Å². The second kappa shape index (κ2) is 13.2. The van der Waals surface area contributed by atoms with E-state index < -0.39 is 35.3 Å². The lowest BCUT2D eigenvalue weighted by Crippen LogP contribution is -2.37. The Bertz CT molecular complexity index is 1250. The highest BCUT2D eigenvalue weighted by Crippen LogP contribution is 2.39. The monoisotopic (exact) mass is 555 g/mol. The lowest BCUT2D eigenvalue weighted by molar-refractivity contribution is -0.166. The van der Waals surface area contributed by atoms with E-state index in [1.807, 2.05) is 6.92 Å². The third-order valence-electron chi connectivity index (χ3n) is 6.06. The predicted molar refractivity (Wildman–Crippen MR) is 147 cm³/mol. The molecule has 3 N–H and O–H groups in total. The zero-order chi connectivity index (χ0) is 29.4. The van der Waals surface area contributed by atoms with Crippen LogP contribution in [0.1, 0.15) is 80.9 Å². The van der Waals surface area contributed by atoms with Gasteiger partial charge in [0.05, 0.1) is 42.8 Å². The Morgan fingerprint density at radius 3 is 2.35 bits per heavy atom. The predicted octanol–water partition coefficient (Wildman–Crippen LogP) is 5.06. The Balaban J connectivity index is 0.00000137. The maximum Gasteiger partial charge on any atom is 0.409 e. The van der Waals surface area contributed by atoms with Crippen LogP contribution < -0.4 is 20.3 Å². The van der Waals surface area contributed by atoms with Gasteiger partial charge in [-0.3, -0.25) is 14.9 Å². The summed E-state index contributed by atoms with van der Waals surface area (Å²) in [6.07, 6.45) is 2.96. The summed E-state index contributed by atoms with van der Waals surface area (Å²) in [7, 11) is 1.50. The van der Waals surface area contributed by atoms with Crippen molar-refractivity contribution < 1.29 is 38.6 Å². The molecule has 0 spiro atoms. The summed E-state index contributed by atoms with van der Waals surface area (Å²) in [5.74, 6) is -0.766. The second-order valence-electron chi connectivity index (χ2n) is 10.5. The summed E-state index contributed by atoms with van der Waals surface area (Å²) in [5.41, 5.74) is 2.91. The molecule has 2 aliphatic rings. The molecule has 3 amide bonds. The molecule has 11 heteroatoms. The number of methoxy groups -OCH3 is 1. The molecule has 1 aliphatic carbocycles. The van der Waals surface area contributed by atoms with Gasteiger partial charge in [-0.1, -0.05) is 37.5 Å². The van der Waals surface area contributed by atoms with Crippen LogP contribution >= 0.6 is 0 Å². The van der Waals surface area contributed by atoms with Crippen LogP contribution in [0.25, 0.3) is 0 Å². The number of rotatable bonds is 8. The van der Waals surface area contributed by atoms with Gasteiger partial charge >= 0.3 is 12.1 Å². The number of hydrogen-bond acceptors (Lipinski definition) is 7. The highest BCUT2D eigenvalue weighted by atomic mass is 16.7. The Hall–Kier alpha value is -4.28. The van der Waals surface area contributed by atoms with E-state index in [1.54, 1.807) is 51.1 Å². The van der Waals surface area contributed by atoms with Gasteiger partial charge in [-0.05, 0) is 57.0 Å². The number of anilines is 1. The van der Waals surface area contributed by atoms with Crippen molar-refractivity contribution in [3.8, 4) is 11.5 Å². The number of hydrogen-bond donors (Lipinski definition) is 3. The van der Waals surface area contributed by atoms with Crippen LogP contribution in [-0.2, 0) is 21.0 Å². The minimum absolute atomic E-state index is 0.138. The Morgan fingerprint density at radius 2 is 1.77 bits per heavy atom. The highest BCUT2D eigenvalue weighted by molar-refractivity contribution is 6.06. The van der Waals surface area contributed by atoms with Crippen molar-refractivity contribution >= 4 is 29.6 Å². The molecule has 2 aromatic rings. The largest absolute Gasteiger partial charge is 0.493 e. The molecule has 0 aromatic heterocycles. The van der Waals surface area contributed by atoms with Crippen molar-refractivity contribution in [3.63, 3.8) is 0 Å². The van der Waals surface area contributed by atoms with Crippen LogP contribution in [0.3, 0.4) is 0 Å². The van der Waals surface area contributed by atoms with Crippen molar-refractivity contribution in [3.05, 3.63) is 53.1 Å². The van der Waals surface area contributed by atoms with Crippen LogP contribution in [0.4, 0.5) is 10.5 Å². The van der Waals surface area contributed by atoms with Gasteiger partial charge in [0, 0.05) is 6.54 Å². The van der Waals surface area contributed by atoms with Gasteiger partial charge in [0.2, 0.25) is 0 Å². The number of hydroxylamine groups is 1. The molecule has 1 aliphatic heterocycles. The number of ether oxygens (including phenoxy) is 2. The first-order chi connectivity index (χ1) is 19.0. The molecule has 216 valence electrons. The SMILES string of the molecule is C1CC1.CCOc1cc([C@@H](CC(=O)NOC(=O)C(C)(C)C)N2Cc3cccc(NC(=O)O)c3C2=O)ccc1OC. The minimum Gasteiger partial charge on any atom is -0.493 e. The first-order valence-corrected chi connectivity index (χ1v) is 13.2. The average Bonchev–Trinajstić information content (AvgIpc) is 3.74. The number of carbonyl (C=O) groups excluding carboxylic acids is 3. The maximum atomic E-state index is 13.5. The van der Waals surface area contributed by atoms with Crippen LogP contribution in [0.15, 0.2) is 36.4 Å². The van der Waals surface area contributed by atoms with E-state index in [2.05, 4.69) is 10.8 Å². The summed E-state index contributed by atoms with van der Waals surface area (Å²) in [4.78, 5) is 56.2. The fraction of sp³-hybridized carbons (Fsp3) is 0.448. The van der Waals surface area contributed by atoms with E-state index >= 15 is 0 Å². The first kappa shape index (κ1) is 30.3. The summed E-state index contributed by atoms with van der Waals surface area (Å²) in [5, 5.41) is 11.5. The summed E-state index contributed by atoms with van der Waals surface area (Å²) >= 11 is 0. The van der Waals surface area contributed by atoms with E-state index in [0.29, 0.717) is 29.2 Å². The normalized spacial score (nSPS) is 14.2. The topological polar surface area (TPSA) is 144 Å². The smallest absolute Gasteiger partial charge is 0.409 e. The molecule has 0 saturated heterocycles. The van der Waals surface area contributed by atoms with E-state index in [4.69, 9.17) is 14.3 Å². The molecule has 2 aromatic carbocycles. The Morgan fingerprint density at radius 1 is 1.07 bits per heavy atom. The second-order valence-corrected chi connectivity index (χ2v) is 10.5. The average molecular weight is 556 g/mol. The molecule has 40 heavy (non-hydrogen) atoms. The summed E-state index contributed by atoms with van der Waals surface area (Å²) < 4.78 is 11.0. The fourth-order valence-corrected chi connectivity index (χ4v) is 3.90. The molecular weight excluding hydrogens is 518 g/mol. The van der Waals surface area contributed by atoms with Crippen molar-refractivity contribution in [1.82, 2.24) is 10.4 Å². The van der Waals surface area contributed by atoms with Gasteiger partial charge in [0.25, 0.3) is 11.8 Å². The van der Waals surface area contributed by atoms with Crippen molar-refractivity contribution in [1.29, 1.82) is 0 Å². The molecule has 1 fully saturated rings. The lowest BCUT2D eigenvalue weighted by atomic mass is 9.98. The number of carbonyl (C=O) groups is 4. The van der Waals surface area contributed by atoms with Gasteiger partial charge in [0.1, 0.15) is 0 Å². The van der Waals surface area contributed by atoms with E-state index in [0.717, 1.165) is 0 Å².